The van der Waals surface area contributed by atoms with Crippen molar-refractivity contribution in [2.75, 3.05) is 11.9 Å². The molecule has 3 rings (SSSR count). The molecule has 1 amide bonds. The second kappa shape index (κ2) is 6.67. The Morgan fingerprint density at radius 2 is 2.22 bits per heavy atom. The lowest BCUT2D eigenvalue weighted by atomic mass is 9.99. The molecule has 0 saturated carbocycles. The summed E-state index contributed by atoms with van der Waals surface area (Å²) in [5.74, 6) is 0.120. The Morgan fingerprint density at radius 3 is 2.96 bits per heavy atom. The molecule has 0 saturated heterocycles. The fourth-order valence-corrected chi connectivity index (χ4v) is 3.43. The van der Waals surface area contributed by atoms with Crippen LogP contribution in [0.5, 0.6) is 0 Å². The van der Waals surface area contributed by atoms with Crippen molar-refractivity contribution in [1.29, 1.82) is 0 Å². The Balaban J connectivity index is 1.87. The van der Waals surface area contributed by atoms with Crippen LogP contribution in [-0.4, -0.2) is 30.8 Å². The van der Waals surface area contributed by atoms with E-state index in [-0.39, 0.29) is 18.0 Å². The van der Waals surface area contributed by atoms with E-state index in [9.17, 15) is 4.79 Å². The highest BCUT2D eigenvalue weighted by atomic mass is 16.2. The summed E-state index contributed by atoms with van der Waals surface area (Å²) in [5, 5.41) is 3.07. The van der Waals surface area contributed by atoms with Gasteiger partial charge in [-0.05, 0) is 37.6 Å². The molecule has 122 valence electrons. The molecule has 4 heteroatoms. The summed E-state index contributed by atoms with van der Waals surface area (Å²) in [6.45, 7) is 4.10. The number of rotatable bonds is 5. The zero-order valence-electron chi connectivity index (χ0n) is 14.2. The molecule has 0 bridgehead atoms. The summed E-state index contributed by atoms with van der Waals surface area (Å²) >= 11 is 0. The number of benzene rings is 1. The van der Waals surface area contributed by atoms with Crippen molar-refractivity contribution in [3.8, 4) is 0 Å². The predicted molar refractivity (Wildman–Crippen MR) is 95.0 cm³/mol. The normalized spacial score (nSPS) is 21.0. The Morgan fingerprint density at radius 1 is 1.43 bits per heavy atom. The van der Waals surface area contributed by atoms with Gasteiger partial charge in [0.1, 0.15) is 0 Å². The van der Waals surface area contributed by atoms with E-state index in [2.05, 4.69) is 23.3 Å². The molecule has 0 radical (unpaired) electrons. The van der Waals surface area contributed by atoms with Crippen LogP contribution >= 0.6 is 0 Å². The molecule has 23 heavy (non-hydrogen) atoms. The van der Waals surface area contributed by atoms with E-state index in [1.807, 2.05) is 43.3 Å². The number of nitrogens with zero attached hydrogens (tertiary/aromatic N) is 2. The zero-order chi connectivity index (χ0) is 16.4. The number of carbonyl (C=O) groups excluding carboxylic acids is 1. The number of likely N-dealkylation sites (N-methyl/N-ethyl adjacent to an activating group) is 1. The third-order valence-electron chi connectivity index (χ3n) is 4.79. The highest BCUT2D eigenvalue weighted by molar-refractivity contribution is 6.08. The van der Waals surface area contributed by atoms with Gasteiger partial charge in [0, 0.05) is 30.4 Å². The van der Waals surface area contributed by atoms with Crippen LogP contribution in [0, 0.1) is 0 Å². The Kier molecular flexibility index (Phi) is 4.62. The SMILES string of the molecule is CCCC1=CN=C(C2Cc3ccccc3N2C(=O)C(C)NC)C1. The van der Waals surface area contributed by atoms with Gasteiger partial charge in [-0.1, -0.05) is 31.5 Å². The van der Waals surface area contributed by atoms with E-state index in [0.717, 1.165) is 37.1 Å². The molecule has 2 heterocycles. The maximum absolute atomic E-state index is 12.9. The molecule has 1 N–H and O–H groups in total. The molecule has 0 spiro atoms. The van der Waals surface area contributed by atoms with Gasteiger partial charge in [0.15, 0.2) is 0 Å². The molecule has 2 atom stereocenters. The van der Waals surface area contributed by atoms with Crippen molar-refractivity contribution in [3.63, 3.8) is 0 Å². The molecule has 0 aromatic heterocycles. The summed E-state index contributed by atoms with van der Waals surface area (Å²) in [6, 6.07) is 8.07. The molecule has 2 unspecified atom stereocenters. The number of carbonyl (C=O) groups is 1. The third-order valence-corrected chi connectivity index (χ3v) is 4.79. The Hall–Kier alpha value is -1.94. The summed E-state index contributed by atoms with van der Waals surface area (Å²) in [4.78, 5) is 19.5. The highest BCUT2D eigenvalue weighted by Crippen LogP contribution is 2.35. The fraction of sp³-hybridized carbons (Fsp3) is 0.474. The second-order valence-corrected chi connectivity index (χ2v) is 6.40. The van der Waals surface area contributed by atoms with Crippen LogP contribution in [0.3, 0.4) is 0 Å². The fourth-order valence-electron chi connectivity index (χ4n) is 3.43. The topological polar surface area (TPSA) is 44.7 Å². The van der Waals surface area contributed by atoms with E-state index in [1.54, 1.807) is 0 Å². The van der Waals surface area contributed by atoms with Crippen LogP contribution in [0.1, 0.15) is 38.7 Å². The van der Waals surface area contributed by atoms with Crippen molar-refractivity contribution >= 4 is 17.3 Å². The predicted octanol–water partition coefficient (Wildman–Crippen LogP) is 3.08. The number of amides is 1. The van der Waals surface area contributed by atoms with Gasteiger partial charge in [0.2, 0.25) is 5.91 Å². The first-order valence-electron chi connectivity index (χ1n) is 8.48. The quantitative estimate of drug-likeness (QED) is 0.908. The summed E-state index contributed by atoms with van der Waals surface area (Å²) in [5.41, 5.74) is 4.78. The number of anilines is 1. The van der Waals surface area contributed by atoms with Crippen molar-refractivity contribution in [2.45, 2.75) is 51.6 Å². The second-order valence-electron chi connectivity index (χ2n) is 6.40. The number of hydrogen-bond acceptors (Lipinski definition) is 3. The minimum atomic E-state index is -0.200. The maximum Gasteiger partial charge on any atom is 0.244 e. The van der Waals surface area contributed by atoms with Crippen LogP contribution in [0.2, 0.25) is 0 Å². The van der Waals surface area contributed by atoms with Crippen molar-refractivity contribution in [3.05, 3.63) is 41.6 Å². The van der Waals surface area contributed by atoms with Crippen LogP contribution in [-0.2, 0) is 11.2 Å². The van der Waals surface area contributed by atoms with E-state index in [0.29, 0.717) is 0 Å². The van der Waals surface area contributed by atoms with Crippen molar-refractivity contribution < 1.29 is 4.79 Å². The lowest BCUT2D eigenvalue weighted by molar-refractivity contribution is -0.120. The van der Waals surface area contributed by atoms with Crippen molar-refractivity contribution in [1.82, 2.24) is 5.32 Å². The van der Waals surface area contributed by atoms with Crippen LogP contribution in [0.25, 0.3) is 0 Å². The number of nitrogens with one attached hydrogen (secondary N) is 1. The Bertz CT molecular complexity index is 662. The molecular weight excluding hydrogens is 286 g/mol. The first kappa shape index (κ1) is 15.9. The van der Waals surface area contributed by atoms with Gasteiger partial charge < -0.3 is 10.2 Å². The highest BCUT2D eigenvalue weighted by Gasteiger charge is 2.38. The van der Waals surface area contributed by atoms with E-state index in [4.69, 9.17) is 0 Å². The molecular formula is C19H25N3O. The Labute approximate surface area is 138 Å². The first-order chi connectivity index (χ1) is 11.2. The molecule has 2 aliphatic rings. The van der Waals surface area contributed by atoms with Crippen LogP contribution in [0.15, 0.2) is 41.0 Å². The van der Waals surface area contributed by atoms with Gasteiger partial charge in [-0.15, -0.1) is 0 Å². The molecule has 1 aromatic carbocycles. The molecule has 1 aromatic rings. The monoisotopic (exact) mass is 311 g/mol. The smallest absolute Gasteiger partial charge is 0.244 e. The van der Waals surface area contributed by atoms with E-state index >= 15 is 0 Å². The minimum Gasteiger partial charge on any atom is -0.309 e. The van der Waals surface area contributed by atoms with Crippen LogP contribution in [0.4, 0.5) is 5.69 Å². The van der Waals surface area contributed by atoms with E-state index in [1.165, 1.54) is 11.1 Å². The average molecular weight is 311 g/mol. The average Bonchev–Trinajstić information content (AvgIpc) is 3.17. The number of allylic oxidation sites excluding steroid dienone is 1. The zero-order valence-corrected chi connectivity index (χ0v) is 14.2. The van der Waals surface area contributed by atoms with Crippen molar-refractivity contribution in [2.24, 2.45) is 4.99 Å². The standard InChI is InChI=1S/C19H25N3O/c1-4-7-14-10-16(21-12-14)18-11-15-8-5-6-9-17(15)22(18)19(23)13(2)20-3/h5-6,8-9,12-13,18,20H,4,7,10-11H2,1-3H3. The molecule has 2 aliphatic heterocycles. The molecule has 0 fully saturated rings. The number of hydrogen-bond donors (Lipinski definition) is 1. The lowest BCUT2D eigenvalue weighted by Gasteiger charge is -2.28. The minimum absolute atomic E-state index is 0.0568. The third kappa shape index (κ3) is 2.95. The first-order valence-corrected chi connectivity index (χ1v) is 8.48. The van der Waals surface area contributed by atoms with Gasteiger partial charge in [-0.25, -0.2) is 0 Å². The van der Waals surface area contributed by atoms with Gasteiger partial charge in [0.05, 0.1) is 12.1 Å². The number of aliphatic imine (C=N–C) groups is 1. The number of fused-ring (bicyclic) bond motifs is 1. The van der Waals surface area contributed by atoms with E-state index < -0.39 is 0 Å². The van der Waals surface area contributed by atoms with Gasteiger partial charge in [-0.3, -0.25) is 9.79 Å². The van der Waals surface area contributed by atoms with Crippen LogP contribution < -0.4 is 10.2 Å². The van der Waals surface area contributed by atoms with Gasteiger partial charge >= 0.3 is 0 Å². The van der Waals surface area contributed by atoms with Gasteiger partial charge in [-0.2, -0.15) is 0 Å². The molecule has 4 nitrogen and oxygen atoms in total. The largest absolute Gasteiger partial charge is 0.309 e. The molecule has 0 aliphatic carbocycles. The number of para-hydroxylation sites is 1. The van der Waals surface area contributed by atoms with Gasteiger partial charge in [0.25, 0.3) is 0 Å². The summed E-state index contributed by atoms with van der Waals surface area (Å²) in [6.07, 6.45) is 6.01. The maximum atomic E-state index is 12.9. The lowest BCUT2D eigenvalue weighted by Crippen LogP contribution is -2.49. The summed E-state index contributed by atoms with van der Waals surface area (Å²) < 4.78 is 0. The summed E-state index contributed by atoms with van der Waals surface area (Å²) in [7, 11) is 1.83.